The number of hydrogen-bond acceptors (Lipinski definition) is 5. The fourth-order valence-corrected chi connectivity index (χ4v) is 3.96. The fourth-order valence-electron chi connectivity index (χ4n) is 3.96. The van der Waals surface area contributed by atoms with Crippen molar-refractivity contribution in [2.45, 2.75) is 66.1 Å². The number of carboxylic acid groups (broad SMARTS) is 1. The highest BCUT2D eigenvalue weighted by molar-refractivity contribution is 5.86. The van der Waals surface area contributed by atoms with Gasteiger partial charge in [-0.25, -0.2) is 9.18 Å². The van der Waals surface area contributed by atoms with E-state index in [0.717, 1.165) is 37.8 Å². The molecule has 0 spiro atoms. The summed E-state index contributed by atoms with van der Waals surface area (Å²) in [6, 6.07) is 1.40. The molecule has 3 heterocycles. The average molecular weight is 430 g/mol. The van der Waals surface area contributed by atoms with Crippen LogP contribution in [0.5, 0.6) is 0 Å². The highest BCUT2D eigenvalue weighted by atomic mass is 19.1. The molecule has 0 radical (unpaired) electrons. The standard InChI is InChI=1S/C24H32FN3O3/c1-15-19(21(22(29)30)31-23(2,3)4)20(28-9-7-24(5,6)8-10-28)18(14-27-15)16-11-17(25)13-26-12-16/h11-14,21H,7-10H2,1-6H3,(H,29,30). The Kier molecular flexibility index (Phi) is 6.37. The van der Waals surface area contributed by atoms with Crippen molar-refractivity contribution >= 4 is 11.7 Å². The van der Waals surface area contributed by atoms with Gasteiger partial charge in [-0.05, 0) is 52.0 Å². The van der Waals surface area contributed by atoms with Crippen molar-refractivity contribution < 1.29 is 19.0 Å². The zero-order chi connectivity index (χ0) is 23.0. The lowest BCUT2D eigenvalue weighted by atomic mass is 9.82. The summed E-state index contributed by atoms with van der Waals surface area (Å²) in [5.41, 5.74) is 2.62. The normalized spacial score (nSPS) is 17.5. The molecule has 31 heavy (non-hydrogen) atoms. The van der Waals surface area contributed by atoms with Crippen LogP contribution in [0, 0.1) is 18.2 Å². The molecule has 0 aliphatic carbocycles. The summed E-state index contributed by atoms with van der Waals surface area (Å²) in [6.07, 6.45) is 5.15. The second kappa shape index (κ2) is 8.54. The Morgan fingerprint density at radius 2 is 1.87 bits per heavy atom. The Balaban J connectivity index is 2.23. The third-order valence-corrected chi connectivity index (χ3v) is 5.69. The van der Waals surface area contributed by atoms with Crippen molar-refractivity contribution in [3.8, 4) is 11.1 Å². The number of aliphatic carboxylic acids is 1. The van der Waals surface area contributed by atoms with Crippen LogP contribution in [0.25, 0.3) is 11.1 Å². The number of carbonyl (C=O) groups is 1. The Morgan fingerprint density at radius 1 is 1.23 bits per heavy atom. The third-order valence-electron chi connectivity index (χ3n) is 5.69. The Bertz CT molecular complexity index is 959. The predicted molar refractivity (Wildman–Crippen MR) is 119 cm³/mol. The molecule has 2 aromatic heterocycles. The van der Waals surface area contributed by atoms with E-state index in [9.17, 15) is 14.3 Å². The number of pyridine rings is 2. The van der Waals surface area contributed by atoms with E-state index in [1.807, 2.05) is 20.8 Å². The van der Waals surface area contributed by atoms with Crippen molar-refractivity contribution in [2.75, 3.05) is 18.0 Å². The minimum absolute atomic E-state index is 0.216. The van der Waals surface area contributed by atoms with Crippen LogP contribution in [0.1, 0.15) is 64.8 Å². The minimum atomic E-state index is -1.20. The average Bonchev–Trinajstić information content (AvgIpc) is 2.65. The second-order valence-electron chi connectivity index (χ2n) is 10.0. The molecule has 1 N–H and O–H groups in total. The van der Waals surface area contributed by atoms with Crippen molar-refractivity contribution in [2.24, 2.45) is 5.41 Å². The van der Waals surface area contributed by atoms with E-state index in [0.29, 0.717) is 22.4 Å². The number of aromatic nitrogens is 2. The largest absolute Gasteiger partial charge is 0.479 e. The van der Waals surface area contributed by atoms with Gasteiger partial charge in [0.2, 0.25) is 0 Å². The SMILES string of the molecule is Cc1ncc(-c2cncc(F)c2)c(N2CCC(C)(C)CC2)c1C(OC(C)(C)C)C(=O)O. The van der Waals surface area contributed by atoms with Gasteiger partial charge in [-0.3, -0.25) is 9.97 Å². The maximum Gasteiger partial charge on any atom is 0.337 e. The lowest BCUT2D eigenvalue weighted by molar-refractivity contribution is -0.160. The lowest BCUT2D eigenvalue weighted by Gasteiger charge is -2.40. The maximum atomic E-state index is 14.0. The molecule has 0 aromatic carbocycles. The minimum Gasteiger partial charge on any atom is -0.479 e. The molecule has 2 aromatic rings. The first kappa shape index (κ1) is 23.1. The Labute approximate surface area is 183 Å². The highest BCUT2D eigenvalue weighted by Gasteiger charge is 2.35. The van der Waals surface area contributed by atoms with Crippen LogP contribution in [0.3, 0.4) is 0 Å². The predicted octanol–water partition coefficient (Wildman–Crippen LogP) is 5.16. The van der Waals surface area contributed by atoms with Gasteiger partial charge < -0.3 is 14.7 Å². The van der Waals surface area contributed by atoms with Crippen molar-refractivity contribution in [1.29, 1.82) is 0 Å². The molecule has 1 atom stereocenters. The van der Waals surface area contributed by atoms with Gasteiger partial charge in [0, 0.05) is 47.9 Å². The number of anilines is 1. The summed E-state index contributed by atoms with van der Waals surface area (Å²) in [7, 11) is 0. The van der Waals surface area contributed by atoms with Crippen LogP contribution in [0.2, 0.25) is 0 Å². The molecule has 0 amide bonds. The molecule has 1 unspecified atom stereocenters. The topological polar surface area (TPSA) is 75.5 Å². The van der Waals surface area contributed by atoms with Gasteiger partial charge in [-0.2, -0.15) is 0 Å². The van der Waals surface area contributed by atoms with Crippen LogP contribution in [-0.4, -0.2) is 39.7 Å². The summed E-state index contributed by atoms with van der Waals surface area (Å²) in [6.45, 7) is 13.3. The van der Waals surface area contributed by atoms with Gasteiger partial charge in [-0.15, -0.1) is 0 Å². The van der Waals surface area contributed by atoms with E-state index in [1.54, 1.807) is 19.3 Å². The summed E-state index contributed by atoms with van der Waals surface area (Å²) >= 11 is 0. The van der Waals surface area contributed by atoms with E-state index in [2.05, 4.69) is 28.7 Å². The Hall–Kier alpha value is -2.54. The van der Waals surface area contributed by atoms with E-state index < -0.39 is 23.5 Å². The van der Waals surface area contributed by atoms with Crippen LogP contribution in [-0.2, 0) is 9.53 Å². The molecule has 7 heteroatoms. The molecule has 1 aliphatic heterocycles. The number of piperidine rings is 1. The number of nitrogens with zero attached hydrogens (tertiary/aromatic N) is 3. The third kappa shape index (κ3) is 5.39. The first-order valence-corrected chi connectivity index (χ1v) is 10.6. The summed E-state index contributed by atoms with van der Waals surface area (Å²) < 4.78 is 20.0. The van der Waals surface area contributed by atoms with E-state index in [1.165, 1.54) is 6.07 Å². The summed E-state index contributed by atoms with van der Waals surface area (Å²) in [5.74, 6) is -1.53. The van der Waals surface area contributed by atoms with Gasteiger partial charge in [0.25, 0.3) is 0 Å². The zero-order valence-electron chi connectivity index (χ0n) is 19.2. The van der Waals surface area contributed by atoms with Crippen LogP contribution < -0.4 is 4.90 Å². The Morgan fingerprint density at radius 3 is 2.42 bits per heavy atom. The molecule has 1 fully saturated rings. The number of hydrogen-bond donors (Lipinski definition) is 1. The van der Waals surface area contributed by atoms with E-state index >= 15 is 0 Å². The second-order valence-corrected chi connectivity index (χ2v) is 10.0. The lowest BCUT2D eigenvalue weighted by Crippen LogP contribution is -2.39. The number of carboxylic acids is 1. The smallest absolute Gasteiger partial charge is 0.337 e. The van der Waals surface area contributed by atoms with Crippen LogP contribution >= 0.6 is 0 Å². The highest BCUT2D eigenvalue weighted by Crippen LogP contribution is 2.43. The van der Waals surface area contributed by atoms with Gasteiger partial charge in [0.1, 0.15) is 5.82 Å². The first-order chi connectivity index (χ1) is 14.4. The molecular weight excluding hydrogens is 397 g/mol. The summed E-state index contributed by atoms with van der Waals surface area (Å²) in [5, 5.41) is 10.1. The molecule has 1 saturated heterocycles. The van der Waals surface area contributed by atoms with Crippen LogP contribution in [0.15, 0.2) is 24.7 Å². The van der Waals surface area contributed by atoms with Gasteiger partial charge in [-0.1, -0.05) is 13.8 Å². The fraction of sp³-hybridized carbons (Fsp3) is 0.542. The van der Waals surface area contributed by atoms with E-state index in [4.69, 9.17) is 4.74 Å². The quantitative estimate of drug-likeness (QED) is 0.708. The zero-order valence-corrected chi connectivity index (χ0v) is 19.2. The molecular formula is C24H32FN3O3. The van der Waals surface area contributed by atoms with Crippen LogP contribution in [0.4, 0.5) is 10.1 Å². The van der Waals surface area contributed by atoms with Crippen molar-refractivity contribution in [1.82, 2.24) is 9.97 Å². The van der Waals surface area contributed by atoms with Gasteiger partial charge >= 0.3 is 5.97 Å². The molecule has 3 rings (SSSR count). The van der Waals surface area contributed by atoms with Crippen molar-refractivity contribution in [3.05, 3.63) is 41.7 Å². The maximum absolute atomic E-state index is 14.0. The number of halogens is 1. The number of rotatable bonds is 5. The van der Waals surface area contributed by atoms with E-state index in [-0.39, 0.29) is 5.41 Å². The number of aryl methyl sites for hydroxylation is 1. The molecule has 6 nitrogen and oxygen atoms in total. The first-order valence-electron chi connectivity index (χ1n) is 10.6. The number of ether oxygens (including phenoxy) is 1. The van der Waals surface area contributed by atoms with Gasteiger partial charge in [0.15, 0.2) is 6.10 Å². The van der Waals surface area contributed by atoms with Gasteiger partial charge in [0.05, 0.1) is 17.5 Å². The molecule has 0 saturated carbocycles. The molecule has 168 valence electrons. The molecule has 1 aliphatic rings. The monoisotopic (exact) mass is 429 g/mol. The van der Waals surface area contributed by atoms with Crippen molar-refractivity contribution in [3.63, 3.8) is 0 Å². The summed E-state index contributed by atoms with van der Waals surface area (Å²) in [4.78, 5) is 23.0. The molecule has 0 bridgehead atoms.